The average molecular weight is 376 g/mol. The fourth-order valence-electron chi connectivity index (χ4n) is 2.79. The topological polar surface area (TPSA) is 76.9 Å². The van der Waals surface area contributed by atoms with Crippen molar-refractivity contribution in [2.24, 2.45) is 0 Å². The van der Waals surface area contributed by atoms with Crippen molar-refractivity contribution in [2.45, 2.75) is 13.5 Å². The first-order chi connectivity index (χ1) is 13.1. The second-order valence-electron chi connectivity index (χ2n) is 6.07. The van der Waals surface area contributed by atoms with Gasteiger partial charge < -0.3 is 5.32 Å². The minimum absolute atomic E-state index is 0.0936. The van der Waals surface area contributed by atoms with Crippen molar-refractivity contribution in [3.05, 3.63) is 75.6 Å². The molecule has 2 aromatic heterocycles. The average Bonchev–Trinajstić information content (AvgIpc) is 3.11. The lowest BCUT2D eigenvalue weighted by Gasteiger charge is -2.08. The van der Waals surface area contributed by atoms with E-state index in [1.54, 1.807) is 29.5 Å². The zero-order chi connectivity index (χ0) is 18.8. The number of hydrogen-bond donors (Lipinski definition) is 1. The van der Waals surface area contributed by atoms with Crippen LogP contribution in [-0.4, -0.2) is 20.4 Å². The predicted octanol–water partition coefficient (Wildman–Crippen LogP) is 3.47. The van der Waals surface area contributed by atoms with Gasteiger partial charge in [0.2, 0.25) is 5.91 Å². The van der Waals surface area contributed by atoms with Crippen molar-refractivity contribution in [3.63, 3.8) is 0 Å². The molecule has 0 aliphatic rings. The molecule has 6 nitrogen and oxygen atoms in total. The highest BCUT2D eigenvalue weighted by atomic mass is 32.1. The molecule has 0 radical (unpaired) electrons. The SMILES string of the molecule is Cc1nc(-c2ccc(NC(=O)Cn3cnc4ccccc4c3=O)cc2)cs1. The molecular formula is C20H16N4O2S. The normalized spacial score (nSPS) is 10.9. The Kier molecular flexibility index (Phi) is 4.52. The van der Waals surface area contributed by atoms with Gasteiger partial charge in [0.25, 0.3) is 5.56 Å². The minimum atomic E-state index is -0.286. The van der Waals surface area contributed by atoms with E-state index in [0.717, 1.165) is 16.3 Å². The first-order valence-electron chi connectivity index (χ1n) is 8.37. The van der Waals surface area contributed by atoms with Gasteiger partial charge in [0.15, 0.2) is 0 Å². The number of fused-ring (bicyclic) bond motifs is 1. The molecule has 0 saturated heterocycles. The lowest BCUT2D eigenvalue weighted by atomic mass is 10.1. The third-order valence-electron chi connectivity index (χ3n) is 4.13. The number of benzene rings is 2. The summed E-state index contributed by atoms with van der Waals surface area (Å²) in [6.45, 7) is 1.87. The summed E-state index contributed by atoms with van der Waals surface area (Å²) in [5.74, 6) is -0.286. The Morgan fingerprint density at radius 2 is 1.93 bits per heavy atom. The summed E-state index contributed by atoms with van der Waals surface area (Å²) < 4.78 is 1.31. The quantitative estimate of drug-likeness (QED) is 0.592. The van der Waals surface area contributed by atoms with Crippen LogP contribution < -0.4 is 10.9 Å². The van der Waals surface area contributed by atoms with Crippen LogP contribution in [0.25, 0.3) is 22.2 Å². The molecule has 2 aromatic carbocycles. The molecule has 4 rings (SSSR count). The smallest absolute Gasteiger partial charge is 0.261 e. The van der Waals surface area contributed by atoms with Crippen molar-refractivity contribution in [1.29, 1.82) is 0 Å². The molecule has 0 fully saturated rings. The van der Waals surface area contributed by atoms with Gasteiger partial charge in [-0.3, -0.25) is 14.2 Å². The molecule has 1 N–H and O–H groups in total. The van der Waals surface area contributed by atoms with E-state index in [1.165, 1.54) is 10.9 Å². The van der Waals surface area contributed by atoms with E-state index >= 15 is 0 Å². The Labute approximate surface area is 159 Å². The number of carbonyl (C=O) groups is 1. The molecule has 1 amide bonds. The van der Waals surface area contributed by atoms with E-state index < -0.39 is 0 Å². The van der Waals surface area contributed by atoms with Gasteiger partial charge in [0.1, 0.15) is 6.54 Å². The van der Waals surface area contributed by atoms with E-state index in [0.29, 0.717) is 16.6 Å². The molecule has 0 atom stereocenters. The maximum absolute atomic E-state index is 12.5. The number of anilines is 1. The number of aryl methyl sites for hydroxylation is 1. The maximum Gasteiger partial charge on any atom is 0.261 e. The second kappa shape index (κ2) is 7.13. The van der Waals surface area contributed by atoms with Crippen LogP contribution in [0.5, 0.6) is 0 Å². The van der Waals surface area contributed by atoms with Gasteiger partial charge in [0, 0.05) is 16.6 Å². The Hall–Kier alpha value is -3.32. The van der Waals surface area contributed by atoms with Crippen molar-refractivity contribution in [2.75, 3.05) is 5.32 Å². The summed E-state index contributed by atoms with van der Waals surface area (Å²) in [5, 5.41) is 6.31. The summed E-state index contributed by atoms with van der Waals surface area (Å²) in [4.78, 5) is 33.5. The van der Waals surface area contributed by atoms with Crippen LogP contribution in [0.4, 0.5) is 5.69 Å². The van der Waals surface area contributed by atoms with Gasteiger partial charge in [-0.1, -0.05) is 24.3 Å². The number of nitrogens with zero attached hydrogens (tertiary/aromatic N) is 3. The molecule has 0 bridgehead atoms. The van der Waals surface area contributed by atoms with Crippen molar-refractivity contribution < 1.29 is 4.79 Å². The highest BCUT2D eigenvalue weighted by Crippen LogP contribution is 2.23. The Bertz CT molecular complexity index is 1180. The molecular weight excluding hydrogens is 360 g/mol. The largest absolute Gasteiger partial charge is 0.325 e. The summed E-state index contributed by atoms with van der Waals surface area (Å²) in [5.41, 5.74) is 2.96. The number of amides is 1. The molecule has 2 heterocycles. The Morgan fingerprint density at radius 3 is 2.67 bits per heavy atom. The number of carbonyl (C=O) groups excluding carboxylic acids is 1. The lowest BCUT2D eigenvalue weighted by molar-refractivity contribution is -0.116. The first-order valence-corrected chi connectivity index (χ1v) is 9.25. The van der Waals surface area contributed by atoms with Crippen LogP contribution in [0.1, 0.15) is 5.01 Å². The van der Waals surface area contributed by atoms with Crippen LogP contribution in [0.2, 0.25) is 0 Å². The molecule has 134 valence electrons. The monoisotopic (exact) mass is 376 g/mol. The molecule has 0 unspecified atom stereocenters. The summed E-state index contributed by atoms with van der Waals surface area (Å²) in [6, 6.07) is 14.5. The van der Waals surface area contributed by atoms with Gasteiger partial charge >= 0.3 is 0 Å². The molecule has 7 heteroatoms. The first kappa shape index (κ1) is 17.1. The van der Waals surface area contributed by atoms with E-state index in [4.69, 9.17) is 0 Å². The van der Waals surface area contributed by atoms with Crippen LogP contribution in [0.3, 0.4) is 0 Å². The van der Waals surface area contributed by atoms with E-state index in [2.05, 4.69) is 15.3 Å². The van der Waals surface area contributed by atoms with E-state index in [1.807, 2.05) is 42.6 Å². The minimum Gasteiger partial charge on any atom is -0.325 e. The van der Waals surface area contributed by atoms with Crippen LogP contribution >= 0.6 is 11.3 Å². The summed E-state index contributed by atoms with van der Waals surface area (Å²) >= 11 is 1.60. The van der Waals surface area contributed by atoms with Crippen molar-refractivity contribution in [1.82, 2.24) is 14.5 Å². The fourth-order valence-corrected chi connectivity index (χ4v) is 3.42. The number of para-hydroxylation sites is 1. The van der Waals surface area contributed by atoms with Crippen LogP contribution in [0, 0.1) is 6.92 Å². The van der Waals surface area contributed by atoms with Crippen LogP contribution in [0.15, 0.2) is 65.0 Å². The highest BCUT2D eigenvalue weighted by Gasteiger charge is 2.09. The van der Waals surface area contributed by atoms with E-state index in [-0.39, 0.29) is 18.0 Å². The molecule has 0 saturated carbocycles. The predicted molar refractivity (Wildman–Crippen MR) is 107 cm³/mol. The Morgan fingerprint density at radius 1 is 1.15 bits per heavy atom. The lowest BCUT2D eigenvalue weighted by Crippen LogP contribution is -2.27. The summed E-state index contributed by atoms with van der Waals surface area (Å²) in [6.07, 6.45) is 1.40. The molecule has 0 spiro atoms. The number of thiazole rings is 1. The van der Waals surface area contributed by atoms with Gasteiger partial charge in [-0.2, -0.15) is 0 Å². The second-order valence-corrected chi connectivity index (χ2v) is 7.13. The third-order valence-corrected chi connectivity index (χ3v) is 4.90. The number of nitrogens with one attached hydrogen (secondary N) is 1. The fraction of sp³-hybridized carbons (Fsp3) is 0.100. The number of aromatic nitrogens is 3. The van der Waals surface area contributed by atoms with Gasteiger partial charge in [-0.25, -0.2) is 9.97 Å². The number of rotatable bonds is 4. The molecule has 4 aromatic rings. The summed E-state index contributed by atoms with van der Waals surface area (Å²) in [7, 11) is 0. The zero-order valence-corrected chi connectivity index (χ0v) is 15.4. The zero-order valence-electron chi connectivity index (χ0n) is 14.5. The third kappa shape index (κ3) is 3.63. The maximum atomic E-state index is 12.5. The van der Waals surface area contributed by atoms with E-state index in [9.17, 15) is 9.59 Å². The number of hydrogen-bond acceptors (Lipinski definition) is 5. The van der Waals surface area contributed by atoms with Crippen molar-refractivity contribution >= 4 is 33.8 Å². The molecule has 0 aliphatic carbocycles. The molecule has 27 heavy (non-hydrogen) atoms. The Balaban J connectivity index is 1.48. The highest BCUT2D eigenvalue weighted by molar-refractivity contribution is 7.09. The standard InChI is InChI=1S/C20H16N4O2S/c1-13-22-18(11-27-13)14-6-8-15(9-7-14)23-19(25)10-24-12-21-17-5-3-2-4-16(17)20(24)26/h2-9,11-12H,10H2,1H3,(H,23,25). The van der Waals surface area contributed by atoms with Gasteiger partial charge in [0.05, 0.1) is 27.9 Å². The van der Waals surface area contributed by atoms with Gasteiger partial charge in [-0.15, -0.1) is 11.3 Å². The van der Waals surface area contributed by atoms with Crippen molar-refractivity contribution in [3.8, 4) is 11.3 Å². The molecule has 0 aliphatic heterocycles. The van der Waals surface area contributed by atoms with Gasteiger partial charge in [-0.05, 0) is 31.2 Å². The van der Waals surface area contributed by atoms with Crippen LogP contribution in [-0.2, 0) is 11.3 Å².